The molecular weight excluding hydrogens is 410 g/mol. The molecule has 1 saturated heterocycles. The zero-order valence-corrected chi connectivity index (χ0v) is 19.8. The van der Waals surface area contributed by atoms with Gasteiger partial charge in [0.05, 0.1) is 24.4 Å². The van der Waals surface area contributed by atoms with E-state index in [0.717, 1.165) is 38.8 Å². The van der Waals surface area contributed by atoms with Gasteiger partial charge < -0.3 is 24.4 Å². The quantitative estimate of drug-likeness (QED) is 0.614. The number of piperidine rings is 1. The van der Waals surface area contributed by atoms with Gasteiger partial charge in [-0.3, -0.25) is 9.69 Å². The van der Waals surface area contributed by atoms with Gasteiger partial charge in [0.15, 0.2) is 0 Å². The van der Waals surface area contributed by atoms with Gasteiger partial charge in [0.2, 0.25) is 0 Å². The lowest BCUT2D eigenvalue weighted by molar-refractivity contribution is -0.274. The summed E-state index contributed by atoms with van der Waals surface area (Å²) >= 11 is 0. The number of ether oxygens (including phenoxy) is 3. The summed E-state index contributed by atoms with van der Waals surface area (Å²) in [5.74, 6) is 0.164. The number of methoxy groups -OCH3 is 2. The second kappa shape index (κ2) is 6.91. The zero-order valence-electron chi connectivity index (χ0n) is 19.8. The molecule has 1 heterocycles. The fourth-order valence-corrected chi connectivity index (χ4v) is 10.7. The van der Waals surface area contributed by atoms with Crippen molar-refractivity contribution in [3.8, 4) is 0 Å². The second-order valence-electron chi connectivity index (χ2n) is 11.8. The van der Waals surface area contributed by atoms with E-state index in [1.807, 2.05) is 0 Å². The molecular formula is C25H39NO6. The molecule has 0 aromatic rings. The summed E-state index contributed by atoms with van der Waals surface area (Å²) in [5.41, 5.74) is -1.20. The minimum absolute atomic E-state index is 0.0138. The highest BCUT2D eigenvalue weighted by Crippen LogP contribution is 2.79. The van der Waals surface area contributed by atoms with Crippen LogP contribution in [0.25, 0.3) is 0 Å². The van der Waals surface area contributed by atoms with Crippen LogP contribution in [0.15, 0.2) is 0 Å². The fourth-order valence-electron chi connectivity index (χ4n) is 10.7. The van der Waals surface area contributed by atoms with Gasteiger partial charge in [-0.2, -0.15) is 0 Å². The molecule has 7 heteroatoms. The van der Waals surface area contributed by atoms with E-state index in [2.05, 4.69) is 11.8 Å². The predicted octanol–water partition coefficient (Wildman–Crippen LogP) is 1.45. The third kappa shape index (κ3) is 2.28. The molecule has 180 valence electrons. The van der Waals surface area contributed by atoms with E-state index in [1.54, 1.807) is 14.2 Å². The van der Waals surface area contributed by atoms with Crippen molar-refractivity contribution < 1.29 is 29.2 Å². The fraction of sp³-hybridized carbons (Fsp3) is 0.960. The lowest BCUT2D eigenvalue weighted by Crippen LogP contribution is -2.76. The van der Waals surface area contributed by atoms with E-state index in [9.17, 15) is 15.0 Å². The lowest BCUT2D eigenvalue weighted by atomic mass is 9.43. The van der Waals surface area contributed by atoms with Crippen molar-refractivity contribution in [2.75, 3.05) is 33.9 Å². The highest BCUT2D eigenvalue weighted by Gasteiger charge is 2.83. The molecule has 0 unspecified atom stereocenters. The summed E-state index contributed by atoms with van der Waals surface area (Å²) in [4.78, 5) is 14.7. The summed E-state index contributed by atoms with van der Waals surface area (Å²) in [5, 5.41) is 24.4. The van der Waals surface area contributed by atoms with E-state index < -0.39 is 11.7 Å². The van der Waals surface area contributed by atoms with Crippen molar-refractivity contribution in [1.82, 2.24) is 4.90 Å². The molecule has 32 heavy (non-hydrogen) atoms. The van der Waals surface area contributed by atoms with Gasteiger partial charge >= 0.3 is 5.97 Å². The molecule has 6 fully saturated rings. The predicted molar refractivity (Wildman–Crippen MR) is 116 cm³/mol. The van der Waals surface area contributed by atoms with Crippen LogP contribution >= 0.6 is 0 Å². The Morgan fingerprint density at radius 3 is 2.66 bits per heavy atom. The zero-order chi connectivity index (χ0) is 22.6. The summed E-state index contributed by atoms with van der Waals surface area (Å²) in [6, 6.07) is 0.163. The Kier molecular flexibility index (Phi) is 4.70. The number of aliphatic hydroxyl groups is 2. The number of hydrogen-bond acceptors (Lipinski definition) is 7. The Hall–Kier alpha value is -0.730. The number of esters is 1. The van der Waals surface area contributed by atoms with Gasteiger partial charge in [-0.15, -0.1) is 0 Å². The van der Waals surface area contributed by atoms with Gasteiger partial charge in [0.1, 0.15) is 6.10 Å². The number of aliphatic hydroxyl groups excluding tert-OH is 1. The maximum absolute atomic E-state index is 12.5. The second-order valence-corrected chi connectivity index (χ2v) is 11.8. The van der Waals surface area contributed by atoms with Crippen molar-refractivity contribution in [3.05, 3.63) is 0 Å². The van der Waals surface area contributed by atoms with Crippen molar-refractivity contribution >= 4 is 5.97 Å². The van der Waals surface area contributed by atoms with Gasteiger partial charge in [-0.1, -0.05) is 6.92 Å². The Labute approximate surface area is 190 Å². The molecule has 0 aromatic heterocycles. The first kappa shape index (κ1) is 21.8. The van der Waals surface area contributed by atoms with Crippen LogP contribution < -0.4 is 0 Å². The van der Waals surface area contributed by atoms with E-state index >= 15 is 0 Å². The standard InChI is InChI=1S/C25H39NO6/c1-5-26-11-23(12-30-3)7-6-19(28)25-15-8-14-17(31-4)10-24(29,16(22(25)26)9-18(23)25)20(15)21(14)32-13(2)27/h14-22,28-29H,5-12H2,1-4H3/t14-,15-,16+,17+,18-,19-,20-,21+,22-,23+,24+,25-/m1/s1. The van der Waals surface area contributed by atoms with Crippen molar-refractivity contribution in [2.24, 2.45) is 40.4 Å². The number of carbonyl (C=O) groups is 1. The smallest absolute Gasteiger partial charge is 0.302 e. The molecule has 7 bridgehead atoms. The first-order valence-corrected chi connectivity index (χ1v) is 12.6. The van der Waals surface area contributed by atoms with E-state index in [4.69, 9.17) is 14.2 Å². The Morgan fingerprint density at radius 2 is 2.00 bits per heavy atom. The Balaban J connectivity index is 1.56. The van der Waals surface area contributed by atoms with Crippen LogP contribution in [0.3, 0.4) is 0 Å². The Bertz CT molecular complexity index is 807. The molecule has 0 aromatic carbocycles. The van der Waals surface area contributed by atoms with Gasteiger partial charge in [-0.25, -0.2) is 0 Å². The molecule has 6 rings (SSSR count). The summed E-state index contributed by atoms with van der Waals surface area (Å²) < 4.78 is 17.7. The molecule has 0 amide bonds. The van der Waals surface area contributed by atoms with E-state index in [-0.39, 0.29) is 58.7 Å². The van der Waals surface area contributed by atoms with Crippen LogP contribution in [0.1, 0.15) is 46.0 Å². The first-order chi connectivity index (χ1) is 15.3. The highest BCUT2D eigenvalue weighted by atomic mass is 16.5. The highest BCUT2D eigenvalue weighted by molar-refractivity contribution is 5.66. The topological polar surface area (TPSA) is 88.5 Å². The number of rotatable bonds is 5. The number of likely N-dealkylation sites (tertiary alicyclic amines) is 1. The molecule has 1 aliphatic heterocycles. The van der Waals surface area contributed by atoms with Crippen molar-refractivity contribution in [1.29, 1.82) is 0 Å². The van der Waals surface area contributed by atoms with Crippen LogP contribution in [-0.2, 0) is 19.0 Å². The van der Waals surface area contributed by atoms with Crippen LogP contribution in [0.2, 0.25) is 0 Å². The van der Waals surface area contributed by atoms with Crippen LogP contribution in [-0.4, -0.2) is 85.0 Å². The Morgan fingerprint density at radius 1 is 1.22 bits per heavy atom. The third-order valence-electron chi connectivity index (χ3n) is 11.2. The molecule has 7 nitrogen and oxygen atoms in total. The molecule has 1 spiro atoms. The van der Waals surface area contributed by atoms with Gasteiger partial charge in [0.25, 0.3) is 0 Å². The number of nitrogens with zero attached hydrogens (tertiary/aromatic N) is 1. The minimum Gasteiger partial charge on any atom is -0.462 e. The van der Waals surface area contributed by atoms with Crippen LogP contribution in [0, 0.1) is 40.4 Å². The molecule has 12 atom stereocenters. The number of carbonyl (C=O) groups excluding carboxylic acids is 1. The molecule has 2 N–H and O–H groups in total. The van der Waals surface area contributed by atoms with Gasteiger partial charge in [-0.05, 0) is 44.1 Å². The average Bonchev–Trinajstić information content (AvgIpc) is 3.20. The first-order valence-electron chi connectivity index (χ1n) is 12.6. The lowest BCUT2D eigenvalue weighted by Gasteiger charge is -2.69. The summed E-state index contributed by atoms with van der Waals surface area (Å²) in [6.45, 7) is 6.27. The number of hydrogen-bond donors (Lipinski definition) is 2. The molecule has 5 saturated carbocycles. The molecule has 0 radical (unpaired) electrons. The molecule has 6 aliphatic rings. The van der Waals surface area contributed by atoms with E-state index in [0.29, 0.717) is 18.9 Å². The summed E-state index contributed by atoms with van der Waals surface area (Å²) in [6.07, 6.45) is 3.27. The number of fused-ring (bicyclic) bond motifs is 2. The van der Waals surface area contributed by atoms with Crippen LogP contribution in [0.4, 0.5) is 0 Å². The monoisotopic (exact) mass is 449 g/mol. The minimum atomic E-state index is -0.942. The van der Waals surface area contributed by atoms with Gasteiger partial charge in [0, 0.05) is 68.7 Å². The van der Waals surface area contributed by atoms with Crippen molar-refractivity contribution in [3.63, 3.8) is 0 Å². The maximum Gasteiger partial charge on any atom is 0.302 e. The SMILES string of the molecule is CCN1C[C@]2(COC)CC[C@@H](O)[C@@]34[C@@H]5C[C@H]6[C@H](OC(C)=O)[C@@H]5[C@](O)(C[C@@H]6OC)[C@@H](C[C@H]23)[C@@H]14. The molecule has 5 aliphatic carbocycles. The average molecular weight is 450 g/mol. The maximum atomic E-state index is 12.5. The van der Waals surface area contributed by atoms with Crippen molar-refractivity contribution in [2.45, 2.75) is 75.9 Å². The summed E-state index contributed by atoms with van der Waals surface area (Å²) in [7, 11) is 3.51. The third-order valence-corrected chi connectivity index (χ3v) is 11.2. The van der Waals surface area contributed by atoms with Crippen LogP contribution in [0.5, 0.6) is 0 Å². The van der Waals surface area contributed by atoms with E-state index in [1.165, 1.54) is 6.92 Å². The largest absolute Gasteiger partial charge is 0.462 e. The normalized spacial score (nSPS) is 57.5.